The van der Waals surface area contributed by atoms with Crippen molar-refractivity contribution in [3.05, 3.63) is 23.8 Å². The first-order chi connectivity index (χ1) is 8.49. The van der Waals surface area contributed by atoms with Crippen LogP contribution >= 0.6 is 0 Å². The standard InChI is InChI=1S/C10H7F6NO2/c1-5(18)17-7-4-6(9(11,12)13)2-3-8(7)19-10(14,15)16/h2-4H,1H3,(H,17,18). The lowest BCUT2D eigenvalue weighted by Gasteiger charge is -2.15. The van der Waals surface area contributed by atoms with Crippen LogP contribution < -0.4 is 10.1 Å². The second-order valence-corrected chi connectivity index (χ2v) is 3.44. The number of hydrogen-bond acceptors (Lipinski definition) is 2. The first-order valence-electron chi connectivity index (χ1n) is 4.73. The predicted octanol–water partition coefficient (Wildman–Crippen LogP) is 3.56. The van der Waals surface area contributed by atoms with Crippen LogP contribution in [-0.2, 0) is 11.0 Å². The first-order valence-corrected chi connectivity index (χ1v) is 4.73. The van der Waals surface area contributed by atoms with E-state index in [1.54, 1.807) is 0 Å². The van der Waals surface area contributed by atoms with Gasteiger partial charge in [0.2, 0.25) is 5.91 Å². The van der Waals surface area contributed by atoms with Gasteiger partial charge in [0.1, 0.15) is 0 Å². The average molecular weight is 287 g/mol. The van der Waals surface area contributed by atoms with Crippen LogP contribution in [0.3, 0.4) is 0 Å². The van der Waals surface area contributed by atoms with E-state index in [0.29, 0.717) is 18.2 Å². The molecule has 1 aromatic rings. The van der Waals surface area contributed by atoms with Crippen LogP contribution in [0.15, 0.2) is 18.2 Å². The van der Waals surface area contributed by atoms with E-state index in [9.17, 15) is 31.1 Å². The predicted molar refractivity (Wildman–Crippen MR) is 52.4 cm³/mol. The van der Waals surface area contributed by atoms with Crippen molar-refractivity contribution >= 4 is 11.6 Å². The number of ether oxygens (including phenoxy) is 1. The minimum absolute atomic E-state index is 0.364. The van der Waals surface area contributed by atoms with E-state index in [1.807, 2.05) is 5.32 Å². The molecule has 0 aliphatic heterocycles. The molecule has 0 heterocycles. The molecule has 0 radical (unpaired) electrons. The number of halogens is 6. The molecule has 1 amide bonds. The lowest BCUT2D eigenvalue weighted by Crippen LogP contribution is -2.19. The van der Waals surface area contributed by atoms with Gasteiger partial charge >= 0.3 is 12.5 Å². The Labute approximate surface area is 103 Å². The molecule has 1 N–H and O–H groups in total. The van der Waals surface area contributed by atoms with Crippen molar-refractivity contribution in [3.63, 3.8) is 0 Å². The van der Waals surface area contributed by atoms with Crippen LogP contribution in [0.5, 0.6) is 5.75 Å². The number of rotatable bonds is 2. The summed E-state index contributed by atoms with van der Waals surface area (Å²) in [6.07, 6.45) is -9.82. The normalized spacial score (nSPS) is 12.2. The summed E-state index contributed by atoms with van der Waals surface area (Å²) in [5.74, 6) is -1.75. The number of hydrogen-bond donors (Lipinski definition) is 1. The molecule has 0 saturated carbocycles. The molecule has 0 atom stereocenters. The fourth-order valence-electron chi connectivity index (χ4n) is 1.21. The Bertz CT molecular complexity index is 480. The number of anilines is 1. The van der Waals surface area contributed by atoms with Crippen LogP contribution in [-0.4, -0.2) is 12.3 Å². The van der Waals surface area contributed by atoms with Gasteiger partial charge in [0.15, 0.2) is 5.75 Å². The highest BCUT2D eigenvalue weighted by Gasteiger charge is 2.35. The number of carbonyl (C=O) groups excluding carboxylic acids is 1. The van der Waals surface area contributed by atoms with Crippen LogP contribution in [0, 0.1) is 0 Å². The maximum absolute atomic E-state index is 12.4. The molecule has 3 nitrogen and oxygen atoms in total. The number of carbonyl (C=O) groups is 1. The van der Waals surface area contributed by atoms with E-state index >= 15 is 0 Å². The quantitative estimate of drug-likeness (QED) is 0.845. The van der Waals surface area contributed by atoms with Gasteiger partial charge in [-0.05, 0) is 18.2 Å². The lowest BCUT2D eigenvalue weighted by atomic mass is 10.1. The van der Waals surface area contributed by atoms with Crippen molar-refractivity contribution in [2.75, 3.05) is 5.32 Å². The van der Waals surface area contributed by atoms with Gasteiger partial charge in [-0.3, -0.25) is 4.79 Å². The highest BCUT2D eigenvalue weighted by Crippen LogP contribution is 2.36. The van der Waals surface area contributed by atoms with Crippen LogP contribution in [0.25, 0.3) is 0 Å². The number of alkyl halides is 6. The molecule has 0 saturated heterocycles. The van der Waals surface area contributed by atoms with Gasteiger partial charge in [-0.15, -0.1) is 13.2 Å². The fraction of sp³-hybridized carbons (Fsp3) is 0.300. The molecule has 0 spiro atoms. The van der Waals surface area contributed by atoms with Crippen LogP contribution in [0.4, 0.5) is 32.0 Å². The highest BCUT2D eigenvalue weighted by molar-refractivity contribution is 5.90. The molecular weight excluding hydrogens is 280 g/mol. The maximum atomic E-state index is 12.4. The van der Waals surface area contributed by atoms with E-state index in [0.717, 1.165) is 6.92 Å². The van der Waals surface area contributed by atoms with E-state index < -0.39 is 35.4 Å². The molecule has 0 aromatic heterocycles. The Morgan fingerprint density at radius 3 is 2.16 bits per heavy atom. The molecule has 0 bridgehead atoms. The number of nitrogens with one attached hydrogen (secondary N) is 1. The van der Waals surface area contributed by atoms with Gasteiger partial charge in [0, 0.05) is 6.92 Å². The Kier molecular flexibility index (Phi) is 3.97. The summed E-state index contributed by atoms with van der Waals surface area (Å²) < 4.78 is 76.8. The Balaban J connectivity index is 3.20. The summed E-state index contributed by atoms with van der Waals surface area (Å²) in [5.41, 5.74) is -1.91. The van der Waals surface area contributed by atoms with Gasteiger partial charge in [0.25, 0.3) is 0 Å². The molecule has 1 aromatic carbocycles. The molecule has 0 fully saturated rings. The zero-order chi connectivity index (χ0) is 14.8. The van der Waals surface area contributed by atoms with E-state index in [-0.39, 0.29) is 0 Å². The van der Waals surface area contributed by atoms with Crippen molar-refractivity contribution in [3.8, 4) is 5.75 Å². The number of benzene rings is 1. The maximum Gasteiger partial charge on any atom is 0.573 e. The van der Waals surface area contributed by atoms with Gasteiger partial charge in [-0.25, -0.2) is 0 Å². The first kappa shape index (κ1) is 15.1. The second kappa shape index (κ2) is 4.98. The third-order valence-corrected chi connectivity index (χ3v) is 1.84. The minimum Gasteiger partial charge on any atom is -0.404 e. The lowest BCUT2D eigenvalue weighted by molar-refractivity contribution is -0.274. The van der Waals surface area contributed by atoms with E-state index in [4.69, 9.17) is 0 Å². The van der Waals surface area contributed by atoms with Gasteiger partial charge in [-0.1, -0.05) is 0 Å². The third-order valence-electron chi connectivity index (χ3n) is 1.84. The molecule has 0 unspecified atom stereocenters. The third kappa shape index (κ3) is 4.68. The average Bonchev–Trinajstić information content (AvgIpc) is 2.15. The zero-order valence-electron chi connectivity index (χ0n) is 9.32. The zero-order valence-corrected chi connectivity index (χ0v) is 9.32. The van der Waals surface area contributed by atoms with Crippen molar-refractivity contribution in [2.45, 2.75) is 19.5 Å². The summed E-state index contributed by atoms with van der Waals surface area (Å²) in [6, 6.07) is 1.27. The Morgan fingerprint density at radius 2 is 1.74 bits per heavy atom. The van der Waals surface area contributed by atoms with Crippen LogP contribution in [0.1, 0.15) is 12.5 Å². The second-order valence-electron chi connectivity index (χ2n) is 3.44. The van der Waals surface area contributed by atoms with Crippen molar-refractivity contribution in [1.29, 1.82) is 0 Å². The monoisotopic (exact) mass is 287 g/mol. The summed E-state index contributed by atoms with van der Waals surface area (Å²) in [5, 5.41) is 1.84. The molecule has 1 rings (SSSR count). The molecule has 0 aliphatic rings. The molecule has 9 heteroatoms. The minimum atomic E-state index is -5.08. The summed E-state index contributed by atoms with van der Waals surface area (Å²) in [7, 11) is 0. The summed E-state index contributed by atoms with van der Waals surface area (Å²) in [6.45, 7) is 0.942. The molecule has 19 heavy (non-hydrogen) atoms. The number of amides is 1. The van der Waals surface area contributed by atoms with Gasteiger partial charge < -0.3 is 10.1 Å². The largest absolute Gasteiger partial charge is 0.573 e. The van der Waals surface area contributed by atoms with Crippen LogP contribution in [0.2, 0.25) is 0 Å². The summed E-state index contributed by atoms with van der Waals surface area (Å²) in [4.78, 5) is 10.8. The Morgan fingerprint density at radius 1 is 1.16 bits per heavy atom. The SMILES string of the molecule is CC(=O)Nc1cc(C(F)(F)F)ccc1OC(F)(F)F. The van der Waals surface area contributed by atoms with Gasteiger partial charge in [-0.2, -0.15) is 13.2 Å². The summed E-state index contributed by atoms with van der Waals surface area (Å²) >= 11 is 0. The smallest absolute Gasteiger partial charge is 0.404 e. The molecule has 0 aliphatic carbocycles. The van der Waals surface area contributed by atoms with Gasteiger partial charge in [0.05, 0.1) is 11.3 Å². The van der Waals surface area contributed by atoms with Crippen molar-refractivity contribution in [2.24, 2.45) is 0 Å². The Hall–Kier alpha value is -1.93. The van der Waals surface area contributed by atoms with E-state index in [2.05, 4.69) is 4.74 Å². The molecule has 106 valence electrons. The fourth-order valence-corrected chi connectivity index (χ4v) is 1.21. The van der Waals surface area contributed by atoms with E-state index in [1.165, 1.54) is 0 Å². The molecular formula is C10H7F6NO2. The highest BCUT2D eigenvalue weighted by atomic mass is 19.4. The topological polar surface area (TPSA) is 38.3 Å². The van der Waals surface area contributed by atoms with Crippen molar-refractivity contribution < 1.29 is 35.9 Å². The van der Waals surface area contributed by atoms with Crippen molar-refractivity contribution in [1.82, 2.24) is 0 Å².